The van der Waals surface area contributed by atoms with Crippen LogP contribution >= 0.6 is 15.9 Å². The number of hydrogen-bond donors (Lipinski definition) is 1. The van der Waals surface area contributed by atoms with E-state index < -0.39 is 55.6 Å². The number of benzene rings is 3. The summed E-state index contributed by atoms with van der Waals surface area (Å²) in [4.78, 5) is 9.99. The van der Waals surface area contributed by atoms with Crippen LogP contribution < -0.4 is 14.6 Å². The van der Waals surface area contributed by atoms with E-state index >= 15 is 0 Å². The van der Waals surface area contributed by atoms with Gasteiger partial charge in [0.2, 0.25) is 0 Å². The molecule has 0 heterocycles. The molecule has 3 aromatic rings. The van der Waals surface area contributed by atoms with E-state index in [0.29, 0.717) is 0 Å². The summed E-state index contributed by atoms with van der Waals surface area (Å²) in [7, 11) is -5.02. The minimum absolute atomic E-state index is 0.0570. The van der Waals surface area contributed by atoms with Gasteiger partial charge in [-0.05, 0) is 48.5 Å². The number of anilines is 1. The second-order valence-corrected chi connectivity index (χ2v) is 9.47. The predicted octanol–water partition coefficient (Wildman–Crippen LogP) is 5.44. The van der Waals surface area contributed by atoms with Crippen molar-refractivity contribution in [3.05, 3.63) is 81.8 Å². The molecule has 0 spiro atoms. The zero-order valence-corrected chi connectivity index (χ0v) is 19.3. The minimum atomic E-state index is -5.26. The Morgan fingerprint density at radius 1 is 0.857 bits per heavy atom. The third kappa shape index (κ3) is 6.25. The molecule has 6 nitrogen and oxygen atoms in total. The van der Waals surface area contributed by atoms with Gasteiger partial charge in [0, 0.05) is 10.0 Å². The fourth-order valence-corrected chi connectivity index (χ4v) is 4.29. The van der Waals surface area contributed by atoms with Gasteiger partial charge < -0.3 is 14.6 Å². The van der Waals surface area contributed by atoms with E-state index in [4.69, 9.17) is 4.74 Å². The van der Waals surface area contributed by atoms with Crippen LogP contribution in [0.2, 0.25) is 0 Å². The molecule has 0 aliphatic rings. The number of alkyl halides is 6. The quantitative estimate of drug-likeness (QED) is 0.390. The molecule has 0 atom stereocenters. The number of ether oxygens (including phenoxy) is 1. The molecular weight excluding hydrogens is 572 g/mol. The first-order chi connectivity index (χ1) is 16.1. The molecule has 0 saturated carbocycles. The van der Waals surface area contributed by atoms with Crippen LogP contribution in [0.1, 0.15) is 21.5 Å². The van der Waals surface area contributed by atoms with Crippen molar-refractivity contribution in [2.45, 2.75) is 17.2 Å². The molecule has 14 heteroatoms. The third-order valence-electron chi connectivity index (χ3n) is 4.38. The molecule has 0 aromatic heterocycles. The van der Waals surface area contributed by atoms with Gasteiger partial charge >= 0.3 is 12.4 Å². The summed E-state index contributed by atoms with van der Waals surface area (Å²) < 4.78 is 112. The van der Waals surface area contributed by atoms with E-state index in [2.05, 4.69) is 15.9 Å². The van der Waals surface area contributed by atoms with Crippen molar-refractivity contribution in [1.29, 1.82) is 0 Å². The molecule has 0 bridgehead atoms. The van der Waals surface area contributed by atoms with Gasteiger partial charge in [-0.3, -0.25) is 4.72 Å². The largest absolute Gasteiger partial charge is 0.545 e. The second-order valence-electron chi connectivity index (χ2n) is 6.87. The number of carbonyl (C=O) groups is 1. The Balaban J connectivity index is 2.08. The van der Waals surface area contributed by atoms with Gasteiger partial charge in [-0.1, -0.05) is 28.1 Å². The number of nitrogens with one attached hydrogen (secondary N) is 1. The number of hydrogen-bond acceptors (Lipinski definition) is 5. The Morgan fingerprint density at radius 2 is 1.43 bits per heavy atom. The lowest BCUT2D eigenvalue weighted by molar-refractivity contribution is -0.255. The zero-order chi connectivity index (χ0) is 26.2. The van der Waals surface area contributed by atoms with E-state index in [1.54, 1.807) is 0 Å². The lowest BCUT2D eigenvalue weighted by atomic mass is 10.1. The number of aromatic carboxylic acids is 1. The maximum Gasteiger partial charge on any atom is 0.416 e. The number of carboxylic acid groups (broad SMARTS) is 1. The van der Waals surface area contributed by atoms with Gasteiger partial charge in [0.05, 0.1) is 27.7 Å². The highest BCUT2D eigenvalue weighted by atomic mass is 79.9. The van der Waals surface area contributed by atoms with Gasteiger partial charge in [-0.15, -0.1) is 0 Å². The van der Waals surface area contributed by atoms with Crippen molar-refractivity contribution >= 4 is 37.6 Å². The lowest BCUT2D eigenvalue weighted by Gasteiger charge is -2.18. The number of halogens is 7. The minimum Gasteiger partial charge on any atom is -0.545 e. The van der Waals surface area contributed by atoms with Crippen molar-refractivity contribution in [3.8, 4) is 11.5 Å². The van der Waals surface area contributed by atoms with Crippen LogP contribution in [0.5, 0.6) is 11.5 Å². The molecule has 3 aromatic carbocycles. The first-order valence-electron chi connectivity index (χ1n) is 9.18. The van der Waals surface area contributed by atoms with Crippen molar-refractivity contribution in [2.75, 3.05) is 4.72 Å². The molecule has 0 fully saturated rings. The molecule has 186 valence electrons. The van der Waals surface area contributed by atoms with E-state index in [9.17, 15) is 44.7 Å². The highest BCUT2D eigenvalue weighted by Gasteiger charge is 2.38. The van der Waals surface area contributed by atoms with Gasteiger partial charge in [0.15, 0.2) is 5.75 Å². The van der Waals surface area contributed by atoms with E-state index in [0.717, 1.165) is 12.1 Å². The maximum absolute atomic E-state index is 13.2. The zero-order valence-electron chi connectivity index (χ0n) is 16.9. The molecule has 3 rings (SSSR count). The Bertz CT molecular complexity index is 1360. The Hall–Kier alpha value is -3.26. The highest BCUT2D eigenvalue weighted by molar-refractivity contribution is 9.10. The fourth-order valence-electron chi connectivity index (χ4n) is 2.80. The van der Waals surface area contributed by atoms with Crippen LogP contribution in [-0.4, -0.2) is 14.4 Å². The van der Waals surface area contributed by atoms with Crippen molar-refractivity contribution in [2.24, 2.45) is 0 Å². The number of sulfonamides is 1. The molecular formula is C21H11BrF6NO5S-. The maximum atomic E-state index is 13.2. The van der Waals surface area contributed by atoms with E-state index in [1.165, 1.54) is 30.3 Å². The molecule has 0 saturated heterocycles. The van der Waals surface area contributed by atoms with Crippen molar-refractivity contribution in [3.63, 3.8) is 0 Å². The topological polar surface area (TPSA) is 95.5 Å². The summed E-state index contributed by atoms with van der Waals surface area (Å²) in [5.41, 5.74) is -4.43. The second kappa shape index (κ2) is 9.41. The standard InChI is InChI=1S/C21H12BrF6NO5S/c22-13-5-6-18(34-17-4-2-1-3-15(17)19(30)31)16(10-13)29-35(32,33)14-8-11(20(23,24)25)7-12(9-14)21(26,27)28/h1-10,29H,(H,30,31)/p-1. The highest BCUT2D eigenvalue weighted by Crippen LogP contribution is 2.39. The van der Waals surface area contributed by atoms with Gasteiger partial charge in [-0.2, -0.15) is 26.3 Å². The number of carboxylic acids is 1. The van der Waals surface area contributed by atoms with E-state index in [1.807, 2.05) is 4.72 Å². The van der Waals surface area contributed by atoms with Crippen LogP contribution in [0.15, 0.2) is 70.0 Å². The summed E-state index contributed by atoms with van der Waals surface area (Å²) in [6.07, 6.45) is -10.5. The van der Waals surface area contributed by atoms with Gasteiger partial charge in [0.25, 0.3) is 10.0 Å². The average molecular weight is 583 g/mol. The average Bonchev–Trinajstić information content (AvgIpc) is 2.74. The molecule has 0 aliphatic carbocycles. The SMILES string of the molecule is O=C([O-])c1ccccc1Oc1ccc(Br)cc1NS(=O)(=O)c1cc(C(F)(F)F)cc(C(F)(F)F)c1. The van der Waals surface area contributed by atoms with Crippen LogP contribution in [0.25, 0.3) is 0 Å². The number of carbonyl (C=O) groups excluding carboxylic acids is 1. The van der Waals surface area contributed by atoms with Crippen LogP contribution in [-0.2, 0) is 22.4 Å². The van der Waals surface area contributed by atoms with E-state index in [-0.39, 0.29) is 34.2 Å². The van der Waals surface area contributed by atoms with Crippen LogP contribution in [0.3, 0.4) is 0 Å². The third-order valence-corrected chi connectivity index (χ3v) is 6.22. The summed E-state index contributed by atoms with van der Waals surface area (Å²) in [5, 5.41) is 11.3. The number of rotatable bonds is 6. The summed E-state index contributed by atoms with van der Waals surface area (Å²) in [6.45, 7) is 0. The van der Waals surface area contributed by atoms with Crippen LogP contribution in [0, 0.1) is 0 Å². The predicted molar refractivity (Wildman–Crippen MR) is 112 cm³/mol. The van der Waals surface area contributed by atoms with Gasteiger partial charge in [0.1, 0.15) is 5.75 Å². The summed E-state index contributed by atoms with van der Waals surface area (Å²) >= 11 is 3.07. The molecule has 0 aliphatic heterocycles. The molecule has 0 radical (unpaired) electrons. The Kier molecular flexibility index (Phi) is 7.09. The molecule has 35 heavy (non-hydrogen) atoms. The van der Waals surface area contributed by atoms with Crippen molar-refractivity contribution < 1.29 is 49.4 Å². The Morgan fingerprint density at radius 3 is 1.97 bits per heavy atom. The summed E-state index contributed by atoms with van der Waals surface area (Å²) in [6, 6.07) is 8.75. The van der Waals surface area contributed by atoms with Crippen molar-refractivity contribution in [1.82, 2.24) is 0 Å². The normalized spacial score (nSPS) is 12.3. The number of para-hydroxylation sites is 1. The van der Waals surface area contributed by atoms with Crippen LogP contribution in [0.4, 0.5) is 32.0 Å². The first-order valence-corrected chi connectivity index (χ1v) is 11.5. The first kappa shape index (κ1) is 26.3. The lowest BCUT2D eigenvalue weighted by Crippen LogP contribution is -2.22. The summed E-state index contributed by atoms with van der Waals surface area (Å²) in [5.74, 6) is -2.16. The van der Waals surface area contributed by atoms with Gasteiger partial charge in [-0.25, -0.2) is 8.42 Å². The Labute approximate surface area is 202 Å². The molecule has 0 unspecified atom stereocenters. The smallest absolute Gasteiger partial charge is 0.416 e. The molecule has 1 N–H and O–H groups in total. The molecule has 0 amide bonds. The monoisotopic (exact) mass is 582 g/mol. The fraction of sp³-hybridized carbons (Fsp3) is 0.0952.